The van der Waals surface area contributed by atoms with Gasteiger partial charge in [0, 0.05) is 5.69 Å². The number of carbonyl (C=O) groups is 2. The standard InChI is InChI=1S/C27H32N4O5S/c1-27(2,3)36-26(33)30-24(19-10-6-4-7-11-19)25(20-12-8-5-9-13-20)31-37(34,35)22-16-14-21(15-17-22)29-23(32)18-28/h4-17,24-25,31H,18,28H2,1-3H3,(H,29,32)(H,30,33)/t24-,25-/m1/s1. The largest absolute Gasteiger partial charge is 0.444 e. The topological polar surface area (TPSA) is 140 Å². The van der Waals surface area contributed by atoms with Crippen LogP contribution in [-0.4, -0.2) is 32.6 Å². The number of ether oxygens (including phenoxy) is 1. The molecule has 2 amide bonds. The zero-order chi connectivity index (χ0) is 27.1. The van der Waals surface area contributed by atoms with E-state index in [0.717, 1.165) is 0 Å². The summed E-state index contributed by atoms with van der Waals surface area (Å²) in [6, 6.07) is 22.1. The lowest BCUT2D eigenvalue weighted by molar-refractivity contribution is -0.114. The summed E-state index contributed by atoms with van der Waals surface area (Å²) < 4.78 is 35.2. The molecule has 37 heavy (non-hydrogen) atoms. The molecule has 0 aromatic heterocycles. The summed E-state index contributed by atoms with van der Waals surface area (Å²) in [6.07, 6.45) is -0.679. The lowest BCUT2D eigenvalue weighted by Gasteiger charge is -2.30. The van der Waals surface area contributed by atoms with Gasteiger partial charge in [-0.1, -0.05) is 60.7 Å². The maximum atomic E-state index is 13.5. The molecule has 0 fully saturated rings. The van der Waals surface area contributed by atoms with Gasteiger partial charge in [-0.05, 0) is 56.2 Å². The van der Waals surface area contributed by atoms with Crippen LogP contribution in [0, 0.1) is 0 Å². The number of hydrogen-bond acceptors (Lipinski definition) is 6. The van der Waals surface area contributed by atoms with Gasteiger partial charge < -0.3 is 21.1 Å². The second kappa shape index (κ2) is 12.0. The highest BCUT2D eigenvalue weighted by atomic mass is 32.2. The van der Waals surface area contributed by atoms with Crippen molar-refractivity contribution in [2.75, 3.05) is 11.9 Å². The molecule has 0 spiro atoms. The summed E-state index contributed by atoms with van der Waals surface area (Å²) in [6.45, 7) is 5.06. The molecule has 2 atom stereocenters. The Bertz CT molecular complexity index is 1290. The van der Waals surface area contributed by atoms with Crippen LogP contribution in [-0.2, 0) is 19.6 Å². The molecule has 3 rings (SSSR count). The number of nitrogens with one attached hydrogen (secondary N) is 3. The molecule has 196 valence electrons. The number of benzene rings is 3. The van der Waals surface area contributed by atoms with Gasteiger partial charge in [0.15, 0.2) is 0 Å². The fourth-order valence-electron chi connectivity index (χ4n) is 3.61. The Morgan fingerprint density at radius 2 is 1.35 bits per heavy atom. The van der Waals surface area contributed by atoms with Gasteiger partial charge in [0.2, 0.25) is 15.9 Å². The highest BCUT2D eigenvalue weighted by Crippen LogP contribution is 2.31. The molecule has 0 saturated heterocycles. The SMILES string of the molecule is CC(C)(C)OC(=O)N[C@H](c1ccccc1)[C@H](NS(=O)(=O)c1ccc(NC(=O)CN)cc1)c1ccccc1. The Morgan fingerprint density at radius 1 is 0.838 bits per heavy atom. The van der Waals surface area contributed by atoms with E-state index in [1.807, 2.05) is 24.3 Å². The molecule has 9 nitrogen and oxygen atoms in total. The van der Waals surface area contributed by atoms with Crippen molar-refractivity contribution in [2.45, 2.75) is 43.4 Å². The monoisotopic (exact) mass is 524 g/mol. The molecule has 0 aliphatic rings. The molecule has 3 aromatic rings. The fraction of sp³-hybridized carbons (Fsp3) is 0.259. The Kier molecular flexibility index (Phi) is 9.04. The van der Waals surface area contributed by atoms with E-state index in [1.54, 1.807) is 57.2 Å². The van der Waals surface area contributed by atoms with Crippen LogP contribution in [0.5, 0.6) is 0 Å². The van der Waals surface area contributed by atoms with E-state index in [2.05, 4.69) is 15.4 Å². The number of hydrogen-bond donors (Lipinski definition) is 4. The van der Waals surface area contributed by atoms with Crippen molar-refractivity contribution in [3.63, 3.8) is 0 Å². The Balaban J connectivity index is 1.99. The third-order valence-corrected chi connectivity index (χ3v) is 6.70. The van der Waals surface area contributed by atoms with Crippen LogP contribution in [0.1, 0.15) is 44.0 Å². The quantitative estimate of drug-likeness (QED) is 0.335. The average Bonchev–Trinajstić information content (AvgIpc) is 2.86. The van der Waals surface area contributed by atoms with E-state index in [-0.39, 0.29) is 11.4 Å². The van der Waals surface area contributed by atoms with Crippen molar-refractivity contribution in [1.29, 1.82) is 0 Å². The summed E-state index contributed by atoms with van der Waals surface area (Å²) >= 11 is 0. The zero-order valence-corrected chi connectivity index (χ0v) is 21.8. The van der Waals surface area contributed by atoms with Gasteiger partial charge in [0.25, 0.3) is 0 Å². The smallest absolute Gasteiger partial charge is 0.408 e. The van der Waals surface area contributed by atoms with E-state index in [9.17, 15) is 18.0 Å². The molecule has 0 heterocycles. The molecule has 0 aliphatic carbocycles. The van der Waals surface area contributed by atoms with Crippen molar-refractivity contribution < 1.29 is 22.7 Å². The van der Waals surface area contributed by atoms with Gasteiger partial charge >= 0.3 is 6.09 Å². The number of sulfonamides is 1. The predicted molar refractivity (Wildman–Crippen MR) is 142 cm³/mol. The van der Waals surface area contributed by atoms with E-state index in [4.69, 9.17) is 10.5 Å². The Hall–Kier alpha value is -3.73. The van der Waals surface area contributed by atoms with Crippen LogP contribution in [0.2, 0.25) is 0 Å². The first kappa shape index (κ1) is 27.9. The van der Waals surface area contributed by atoms with Gasteiger partial charge in [-0.3, -0.25) is 4.79 Å². The van der Waals surface area contributed by atoms with Crippen LogP contribution < -0.4 is 21.1 Å². The predicted octanol–water partition coefficient (Wildman–Crippen LogP) is 3.87. The molecule has 0 bridgehead atoms. The first-order valence-corrected chi connectivity index (χ1v) is 13.2. The summed E-state index contributed by atoms with van der Waals surface area (Å²) in [5.41, 5.74) is 6.32. The normalized spacial score (nSPS) is 13.3. The van der Waals surface area contributed by atoms with Crippen molar-refractivity contribution in [2.24, 2.45) is 5.73 Å². The molecule has 10 heteroatoms. The molecular weight excluding hydrogens is 492 g/mol. The Morgan fingerprint density at radius 3 is 1.84 bits per heavy atom. The minimum absolute atomic E-state index is 0.0109. The highest BCUT2D eigenvalue weighted by molar-refractivity contribution is 7.89. The molecule has 5 N–H and O–H groups in total. The van der Waals surface area contributed by atoms with Gasteiger partial charge in [-0.15, -0.1) is 0 Å². The van der Waals surface area contributed by atoms with Gasteiger partial charge in [-0.2, -0.15) is 0 Å². The molecule has 0 saturated carbocycles. The van der Waals surface area contributed by atoms with Crippen LogP contribution in [0.15, 0.2) is 89.8 Å². The highest BCUT2D eigenvalue weighted by Gasteiger charge is 2.32. The van der Waals surface area contributed by atoms with Crippen molar-refractivity contribution in [1.82, 2.24) is 10.0 Å². The summed E-state index contributed by atoms with van der Waals surface area (Å²) in [7, 11) is -4.06. The fourth-order valence-corrected chi connectivity index (χ4v) is 4.84. The maximum absolute atomic E-state index is 13.5. The Labute approximate surface area is 217 Å². The minimum atomic E-state index is -4.06. The van der Waals surface area contributed by atoms with Gasteiger partial charge in [0.1, 0.15) is 5.60 Å². The molecular formula is C27H32N4O5S. The number of carbonyl (C=O) groups excluding carboxylic acids is 2. The van der Waals surface area contributed by atoms with Crippen LogP contribution >= 0.6 is 0 Å². The maximum Gasteiger partial charge on any atom is 0.408 e. The van der Waals surface area contributed by atoms with Crippen molar-refractivity contribution in [3.8, 4) is 0 Å². The minimum Gasteiger partial charge on any atom is -0.444 e. The van der Waals surface area contributed by atoms with Crippen molar-refractivity contribution in [3.05, 3.63) is 96.1 Å². The van der Waals surface area contributed by atoms with Crippen LogP contribution in [0.3, 0.4) is 0 Å². The number of alkyl carbamates (subject to hydrolysis) is 1. The third-order valence-electron chi connectivity index (χ3n) is 5.24. The number of rotatable bonds is 9. The molecule has 0 unspecified atom stereocenters. The summed E-state index contributed by atoms with van der Waals surface area (Å²) in [4.78, 5) is 24.3. The lowest BCUT2D eigenvalue weighted by atomic mass is 9.94. The van der Waals surface area contributed by atoms with E-state index in [0.29, 0.717) is 16.8 Å². The van der Waals surface area contributed by atoms with Crippen molar-refractivity contribution >= 4 is 27.7 Å². The molecule has 0 aliphatic heterocycles. The number of nitrogens with two attached hydrogens (primary N) is 1. The summed E-state index contributed by atoms with van der Waals surface area (Å²) in [5, 5.41) is 5.43. The second-order valence-corrected chi connectivity index (χ2v) is 11.0. The molecule has 0 radical (unpaired) electrons. The van der Waals surface area contributed by atoms with E-state index in [1.165, 1.54) is 24.3 Å². The lowest BCUT2D eigenvalue weighted by Crippen LogP contribution is -2.42. The van der Waals surface area contributed by atoms with Crippen LogP contribution in [0.4, 0.5) is 10.5 Å². The third kappa shape index (κ3) is 8.14. The van der Waals surface area contributed by atoms with Gasteiger partial charge in [0.05, 0.1) is 23.5 Å². The average molecular weight is 525 g/mol. The molecule has 3 aromatic carbocycles. The van der Waals surface area contributed by atoms with E-state index < -0.39 is 39.7 Å². The second-order valence-electron chi connectivity index (χ2n) is 9.32. The van der Waals surface area contributed by atoms with E-state index >= 15 is 0 Å². The number of amides is 2. The number of anilines is 1. The first-order valence-electron chi connectivity index (χ1n) is 11.7. The summed E-state index contributed by atoms with van der Waals surface area (Å²) in [5.74, 6) is -0.392. The van der Waals surface area contributed by atoms with Gasteiger partial charge in [-0.25, -0.2) is 17.9 Å². The first-order chi connectivity index (χ1) is 17.5. The zero-order valence-electron chi connectivity index (χ0n) is 21.0. The van der Waals surface area contributed by atoms with Crippen LogP contribution in [0.25, 0.3) is 0 Å².